The van der Waals surface area contributed by atoms with Crippen molar-refractivity contribution in [1.29, 1.82) is 0 Å². The largest absolute Gasteiger partial charge is 0.494 e. The lowest BCUT2D eigenvalue weighted by atomic mass is 10.1. The number of para-hydroxylation sites is 1. The summed E-state index contributed by atoms with van der Waals surface area (Å²) in [5.41, 5.74) is 1.42. The molecule has 0 aliphatic rings. The zero-order chi connectivity index (χ0) is 18.1. The summed E-state index contributed by atoms with van der Waals surface area (Å²) in [4.78, 5) is 24.8. The number of unbranched alkanes of at least 4 members (excludes halogenated alkanes) is 1. The molecule has 2 amide bonds. The minimum Gasteiger partial charge on any atom is -0.494 e. The molecule has 5 heteroatoms. The van der Waals surface area contributed by atoms with Crippen molar-refractivity contribution in [1.82, 2.24) is 5.32 Å². The quantitative estimate of drug-likeness (QED) is 0.717. The maximum atomic E-state index is 12.5. The Labute approximate surface area is 148 Å². The highest BCUT2D eigenvalue weighted by Gasteiger charge is 2.14. The number of hydrogen-bond donors (Lipinski definition) is 2. The summed E-state index contributed by atoms with van der Waals surface area (Å²) >= 11 is 0. The van der Waals surface area contributed by atoms with Gasteiger partial charge >= 0.3 is 0 Å². The molecule has 0 radical (unpaired) electrons. The van der Waals surface area contributed by atoms with Crippen LogP contribution in [0.1, 0.15) is 47.4 Å². The molecule has 132 valence electrons. The van der Waals surface area contributed by atoms with Crippen molar-refractivity contribution in [2.24, 2.45) is 0 Å². The van der Waals surface area contributed by atoms with E-state index >= 15 is 0 Å². The van der Waals surface area contributed by atoms with Crippen LogP contribution in [0.2, 0.25) is 0 Å². The highest BCUT2D eigenvalue weighted by molar-refractivity contribution is 6.09. The van der Waals surface area contributed by atoms with E-state index in [-0.39, 0.29) is 11.8 Å². The third-order valence-corrected chi connectivity index (χ3v) is 3.64. The van der Waals surface area contributed by atoms with Crippen LogP contribution in [0.25, 0.3) is 0 Å². The van der Waals surface area contributed by atoms with Gasteiger partial charge < -0.3 is 15.4 Å². The molecule has 0 bridgehead atoms. The zero-order valence-electron chi connectivity index (χ0n) is 14.7. The topological polar surface area (TPSA) is 67.4 Å². The molecule has 2 N–H and O–H groups in total. The number of benzene rings is 2. The molecule has 0 aliphatic heterocycles. The van der Waals surface area contributed by atoms with E-state index in [0.29, 0.717) is 35.7 Å². The van der Waals surface area contributed by atoms with Gasteiger partial charge in [-0.3, -0.25) is 9.59 Å². The highest BCUT2D eigenvalue weighted by atomic mass is 16.5. The number of rotatable bonds is 8. The standard InChI is InChI=1S/C20H24N2O3/c1-3-5-13-21-20(24)17-11-6-7-12-18(17)22-19(23)15-9-8-10-16(14-15)25-4-2/h6-12,14H,3-5,13H2,1-2H3,(H,21,24)(H,22,23). The third kappa shape index (κ3) is 5.35. The molecule has 0 atom stereocenters. The first kappa shape index (κ1) is 18.5. The first-order valence-corrected chi connectivity index (χ1v) is 8.57. The van der Waals surface area contributed by atoms with Crippen LogP contribution in [-0.4, -0.2) is 25.0 Å². The fraction of sp³-hybridized carbons (Fsp3) is 0.300. The molecule has 2 aromatic carbocycles. The summed E-state index contributed by atoms with van der Waals surface area (Å²) in [6.07, 6.45) is 1.93. The van der Waals surface area contributed by atoms with Gasteiger partial charge in [-0.15, -0.1) is 0 Å². The van der Waals surface area contributed by atoms with Crippen LogP contribution in [0.5, 0.6) is 5.75 Å². The van der Waals surface area contributed by atoms with E-state index in [4.69, 9.17) is 4.74 Å². The summed E-state index contributed by atoms with van der Waals surface area (Å²) in [7, 11) is 0. The molecule has 0 saturated heterocycles. The average molecular weight is 340 g/mol. The van der Waals surface area contributed by atoms with Gasteiger partial charge in [0.1, 0.15) is 5.75 Å². The average Bonchev–Trinajstić information content (AvgIpc) is 2.63. The Bertz CT molecular complexity index is 728. The number of hydrogen-bond acceptors (Lipinski definition) is 3. The highest BCUT2D eigenvalue weighted by Crippen LogP contribution is 2.18. The monoisotopic (exact) mass is 340 g/mol. The van der Waals surface area contributed by atoms with Gasteiger partial charge in [-0.1, -0.05) is 31.5 Å². The molecule has 0 unspecified atom stereocenters. The van der Waals surface area contributed by atoms with Crippen LogP contribution in [-0.2, 0) is 0 Å². The summed E-state index contributed by atoms with van der Waals surface area (Å²) in [6, 6.07) is 13.9. The minimum atomic E-state index is -0.282. The summed E-state index contributed by atoms with van der Waals surface area (Å²) in [5, 5.41) is 5.68. The molecule has 0 aliphatic carbocycles. The first-order valence-electron chi connectivity index (χ1n) is 8.57. The van der Waals surface area contributed by atoms with Crippen LogP contribution in [0, 0.1) is 0 Å². The lowest BCUT2D eigenvalue weighted by Gasteiger charge is -2.12. The first-order chi connectivity index (χ1) is 12.2. The van der Waals surface area contributed by atoms with Crippen molar-refractivity contribution >= 4 is 17.5 Å². The van der Waals surface area contributed by atoms with E-state index in [2.05, 4.69) is 17.6 Å². The third-order valence-electron chi connectivity index (χ3n) is 3.64. The number of carbonyl (C=O) groups excluding carboxylic acids is 2. The molecule has 2 rings (SSSR count). The van der Waals surface area contributed by atoms with Crippen LogP contribution < -0.4 is 15.4 Å². The number of ether oxygens (including phenoxy) is 1. The van der Waals surface area contributed by atoms with Crippen molar-refractivity contribution in [3.63, 3.8) is 0 Å². The van der Waals surface area contributed by atoms with Gasteiger partial charge in [0.25, 0.3) is 11.8 Å². The van der Waals surface area contributed by atoms with Crippen LogP contribution in [0.4, 0.5) is 5.69 Å². The Balaban J connectivity index is 2.13. The van der Waals surface area contributed by atoms with Gasteiger partial charge in [-0.25, -0.2) is 0 Å². The molecule has 25 heavy (non-hydrogen) atoms. The normalized spacial score (nSPS) is 10.2. The number of nitrogens with one attached hydrogen (secondary N) is 2. The van der Waals surface area contributed by atoms with E-state index in [1.54, 1.807) is 48.5 Å². The zero-order valence-corrected chi connectivity index (χ0v) is 14.7. The van der Waals surface area contributed by atoms with Crippen molar-refractivity contribution in [3.05, 3.63) is 59.7 Å². The van der Waals surface area contributed by atoms with Gasteiger partial charge in [0.15, 0.2) is 0 Å². The SMILES string of the molecule is CCCCNC(=O)c1ccccc1NC(=O)c1cccc(OCC)c1. The van der Waals surface area contributed by atoms with Crippen molar-refractivity contribution in [2.45, 2.75) is 26.7 Å². The minimum absolute atomic E-state index is 0.188. The molecule has 0 heterocycles. The smallest absolute Gasteiger partial charge is 0.255 e. The Hall–Kier alpha value is -2.82. The van der Waals surface area contributed by atoms with E-state index in [1.807, 2.05) is 6.92 Å². The molecule has 0 fully saturated rings. The second-order valence-electron chi connectivity index (χ2n) is 5.57. The fourth-order valence-corrected chi connectivity index (χ4v) is 2.35. The van der Waals surface area contributed by atoms with Crippen LogP contribution in [0.15, 0.2) is 48.5 Å². The Morgan fingerprint density at radius 1 is 1.00 bits per heavy atom. The van der Waals surface area contributed by atoms with E-state index in [1.165, 1.54) is 0 Å². The second-order valence-corrected chi connectivity index (χ2v) is 5.57. The summed E-state index contributed by atoms with van der Waals surface area (Å²) in [5.74, 6) is 0.170. The van der Waals surface area contributed by atoms with Gasteiger partial charge in [-0.2, -0.15) is 0 Å². The second kappa shape index (κ2) is 9.47. The predicted octanol–water partition coefficient (Wildman–Crippen LogP) is 3.87. The van der Waals surface area contributed by atoms with Gasteiger partial charge in [0, 0.05) is 12.1 Å². The molecule has 0 spiro atoms. The molecule has 2 aromatic rings. The molecule has 0 aromatic heterocycles. The van der Waals surface area contributed by atoms with E-state index in [0.717, 1.165) is 12.8 Å². The van der Waals surface area contributed by atoms with Gasteiger partial charge in [-0.05, 0) is 43.7 Å². The molecule has 5 nitrogen and oxygen atoms in total. The fourth-order valence-electron chi connectivity index (χ4n) is 2.35. The van der Waals surface area contributed by atoms with Crippen molar-refractivity contribution in [3.8, 4) is 5.75 Å². The van der Waals surface area contributed by atoms with Gasteiger partial charge in [0.05, 0.1) is 17.9 Å². The summed E-state index contributed by atoms with van der Waals surface area (Å²) < 4.78 is 5.42. The van der Waals surface area contributed by atoms with Crippen molar-refractivity contribution < 1.29 is 14.3 Å². The Morgan fingerprint density at radius 2 is 1.80 bits per heavy atom. The Morgan fingerprint density at radius 3 is 2.56 bits per heavy atom. The van der Waals surface area contributed by atoms with Crippen LogP contribution in [0.3, 0.4) is 0 Å². The molecule has 0 saturated carbocycles. The van der Waals surface area contributed by atoms with Crippen molar-refractivity contribution in [2.75, 3.05) is 18.5 Å². The van der Waals surface area contributed by atoms with E-state index in [9.17, 15) is 9.59 Å². The van der Waals surface area contributed by atoms with Gasteiger partial charge in [0.2, 0.25) is 0 Å². The van der Waals surface area contributed by atoms with E-state index < -0.39 is 0 Å². The maximum Gasteiger partial charge on any atom is 0.255 e. The molecular weight excluding hydrogens is 316 g/mol. The predicted molar refractivity (Wildman–Crippen MR) is 99.2 cm³/mol. The lowest BCUT2D eigenvalue weighted by molar-refractivity contribution is 0.0954. The number of carbonyl (C=O) groups is 2. The number of anilines is 1. The lowest BCUT2D eigenvalue weighted by Crippen LogP contribution is -2.26. The Kier molecular flexibility index (Phi) is 7.01. The number of amides is 2. The maximum absolute atomic E-state index is 12.5. The van der Waals surface area contributed by atoms with Crippen LogP contribution >= 0.6 is 0 Å². The summed E-state index contributed by atoms with van der Waals surface area (Å²) in [6.45, 7) is 5.11. The molecular formula is C20H24N2O3.